The minimum Gasteiger partial charge on any atom is -0.331 e. The summed E-state index contributed by atoms with van der Waals surface area (Å²) in [5.41, 5.74) is 0.792. The van der Waals surface area contributed by atoms with Crippen molar-refractivity contribution in [2.75, 3.05) is 5.75 Å². The summed E-state index contributed by atoms with van der Waals surface area (Å²) in [5, 5.41) is 1.32. The number of nitrogens with zero attached hydrogens (tertiary/aromatic N) is 1. The van der Waals surface area contributed by atoms with Gasteiger partial charge in [-0.15, -0.1) is 0 Å². The number of hydrogen-bond acceptors (Lipinski definition) is 4. The van der Waals surface area contributed by atoms with Gasteiger partial charge in [0.1, 0.15) is 0 Å². The lowest BCUT2D eigenvalue weighted by Gasteiger charge is -2.02. The molecular weight excluding hydrogens is 307 g/mol. The fourth-order valence-corrected chi connectivity index (χ4v) is 2.63. The molecule has 7 heteroatoms. The number of aldehydes is 1. The van der Waals surface area contributed by atoms with Crippen molar-refractivity contribution in [2.45, 2.75) is 5.16 Å². The van der Waals surface area contributed by atoms with Gasteiger partial charge in [0.15, 0.2) is 17.2 Å². The molecule has 0 unspecified atom stereocenters. The summed E-state index contributed by atoms with van der Waals surface area (Å²) in [4.78, 5) is 29.2. The van der Waals surface area contributed by atoms with Crippen LogP contribution in [0.25, 0.3) is 0 Å². The molecule has 0 atom stereocenters. The third kappa shape index (κ3) is 3.59. The predicted octanol–water partition coefficient (Wildman–Crippen LogP) is 3.50. The van der Waals surface area contributed by atoms with Crippen molar-refractivity contribution < 1.29 is 9.59 Å². The SMILES string of the molecule is O=Cc1cnc(SCC(=O)c2ccc(Cl)cc2Cl)[nH]1. The highest BCUT2D eigenvalue weighted by Gasteiger charge is 2.12. The van der Waals surface area contributed by atoms with Crippen LogP contribution in [0, 0.1) is 0 Å². The summed E-state index contributed by atoms with van der Waals surface area (Å²) < 4.78 is 0. The van der Waals surface area contributed by atoms with E-state index in [0.717, 1.165) is 0 Å². The molecule has 0 saturated heterocycles. The molecule has 0 saturated carbocycles. The molecule has 0 aliphatic heterocycles. The van der Waals surface area contributed by atoms with E-state index in [1.165, 1.54) is 24.0 Å². The van der Waals surface area contributed by atoms with Crippen LogP contribution in [-0.2, 0) is 0 Å². The molecule has 1 N–H and O–H groups in total. The van der Waals surface area contributed by atoms with Crippen LogP contribution in [-0.4, -0.2) is 27.8 Å². The van der Waals surface area contributed by atoms with Crippen LogP contribution in [0.15, 0.2) is 29.6 Å². The Labute approximate surface area is 123 Å². The van der Waals surface area contributed by atoms with Gasteiger partial charge < -0.3 is 4.98 Å². The van der Waals surface area contributed by atoms with Gasteiger partial charge in [0, 0.05) is 10.6 Å². The summed E-state index contributed by atoms with van der Waals surface area (Å²) in [6.07, 6.45) is 2.07. The van der Waals surface area contributed by atoms with Crippen LogP contribution >= 0.6 is 35.0 Å². The molecule has 0 fully saturated rings. The lowest BCUT2D eigenvalue weighted by molar-refractivity contribution is 0.102. The number of ketones is 1. The molecule has 0 amide bonds. The zero-order chi connectivity index (χ0) is 13.8. The average molecular weight is 315 g/mol. The quantitative estimate of drug-likeness (QED) is 0.521. The molecule has 0 bridgehead atoms. The molecule has 0 radical (unpaired) electrons. The van der Waals surface area contributed by atoms with Crippen molar-refractivity contribution in [1.82, 2.24) is 9.97 Å². The Bertz CT molecular complexity index is 628. The summed E-state index contributed by atoms with van der Waals surface area (Å²) >= 11 is 12.9. The molecule has 4 nitrogen and oxygen atoms in total. The van der Waals surface area contributed by atoms with E-state index in [2.05, 4.69) is 9.97 Å². The number of hydrogen-bond donors (Lipinski definition) is 1. The van der Waals surface area contributed by atoms with Crippen LogP contribution in [0.1, 0.15) is 20.8 Å². The van der Waals surface area contributed by atoms with E-state index in [1.54, 1.807) is 12.1 Å². The predicted molar refractivity (Wildman–Crippen MR) is 75.5 cm³/mol. The second-order valence-corrected chi connectivity index (χ2v) is 5.41. The Kier molecular flexibility index (Phi) is 4.63. The number of carbonyl (C=O) groups excluding carboxylic acids is 2. The van der Waals surface area contributed by atoms with Gasteiger partial charge in [0.2, 0.25) is 0 Å². The Morgan fingerprint density at radius 1 is 1.42 bits per heavy atom. The van der Waals surface area contributed by atoms with Gasteiger partial charge in [0.25, 0.3) is 0 Å². The topological polar surface area (TPSA) is 62.8 Å². The van der Waals surface area contributed by atoms with E-state index in [1.807, 2.05) is 0 Å². The molecule has 0 spiro atoms. The first-order chi connectivity index (χ1) is 9.10. The van der Waals surface area contributed by atoms with Gasteiger partial charge in [0.05, 0.1) is 22.7 Å². The maximum Gasteiger partial charge on any atom is 0.174 e. The Balaban J connectivity index is 2.03. The molecular formula is C12H8Cl2N2O2S. The van der Waals surface area contributed by atoms with Crippen molar-refractivity contribution in [3.8, 4) is 0 Å². The number of imidazole rings is 1. The molecule has 2 rings (SSSR count). The summed E-state index contributed by atoms with van der Waals surface area (Å²) in [6.45, 7) is 0. The zero-order valence-electron chi connectivity index (χ0n) is 9.52. The van der Waals surface area contributed by atoms with E-state index in [9.17, 15) is 9.59 Å². The van der Waals surface area contributed by atoms with Crippen LogP contribution < -0.4 is 0 Å². The number of carbonyl (C=O) groups is 2. The fraction of sp³-hybridized carbons (Fsp3) is 0.0833. The van der Waals surface area contributed by atoms with Gasteiger partial charge in [-0.1, -0.05) is 35.0 Å². The van der Waals surface area contributed by atoms with Crippen LogP contribution in [0.4, 0.5) is 0 Å². The highest BCUT2D eigenvalue weighted by Crippen LogP contribution is 2.23. The van der Waals surface area contributed by atoms with E-state index < -0.39 is 0 Å². The average Bonchev–Trinajstić information content (AvgIpc) is 2.84. The van der Waals surface area contributed by atoms with Crippen LogP contribution in [0.2, 0.25) is 10.0 Å². The molecule has 0 aliphatic carbocycles. The van der Waals surface area contributed by atoms with E-state index in [4.69, 9.17) is 23.2 Å². The number of aromatic amines is 1. The van der Waals surface area contributed by atoms with Crippen LogP contribution in [0.5, 0.6) is 0 Å². The van der Waals surface area contributed by atoms with Gasteiger partial charge >= 0.3 is 0 Å². The second-order valence-electron chi connectivity index (χ2n) is 3.60. The fourth-order valence-electron chi connectivity index (χ4n) is 1.38. The molecule has 98 valence electrons. The first-order valence-corrected chi connectivity index (χ1v) is 6.95. The standard InChI is InChI=1S/C12H8Cl2N2O2S/c13-7-1-2-9(10(14)3-7)11(18)6-19-12-15-4-8(5-17)16-12/h1-5H,6H2,(H,15,16). The zero-order valence-corrected chi connectivity index (χ0v) is 11.9. The number of halogens is 2. The van der Waals surface area contributed by atoms with Crippen molar-refractivity contribution in [3.63, 3.8) is 0 Å². The number of nitrogens with one attached hydrogen (secondary N) is 1. The molecule has 19 heavy (non-hydrogen) atoms. The molecule has 1 aromatic heterocycles. The molecule has 1 heterocycles. The number of aromatic nitrogens is 2. The van der Waals surface area contributed by atoms with Crippen molar-refractivity contribution in [1.29, 1.82) is 0 Å². The summed E-state index contributed by atoms with van der Waals surface area (Å²) in [5.74, 6) is 0.0448. The van der Waals surface area contributed by atoms with Crippen molar-refractivity contribution in [2.24, 2.45) is 0 Å². The normalized spacial score (nSPS) is 10.4. The van der Waals surface area contributed by atoms with E-state index >= 15 is 0 Å². The van der Waals surface area contributed by atoms with Gasteiger partial charge in [-0.05, 0) is 18.2 Å². The number of Topliss-reactive ketones (excluding diaryl/α,β-unsaturated/α-hetero) is 1. The molecule has 1 aromatic carbocycles. The maximum atomic E-state index is 12.0. The smallest absolute Gasteiger partial charge is 0.174 e. The second kappa shape index (κ2) is 6.23. The number of rotatable bonds is 5. The first-order valence-electron chi connectivity index (χ1n) is 5.21. The van der Waals surface area contributed by atoms with E-state index in [-0.39, 0.29) is 11.5 Å². The Morgan fingerprint density at radius 3 is 2.84 bits per heavy atom. The molecule has 0 aliphatic rings. The first kappa shape index (κ1) is 14.1. The minimum absolute atomic E-state index is 0.129. The van der Waals surface area contributed by atoms with Gasteiger partial charge in [-0.3, -0.25) is 9.59 Å². The summed E-state index contributed by atoms with van der Waals surface area (Å²) in [7, 11) is 0. The maximum absolute atomic E-state index is 12.0. The number of thioether (sulfide) groups is 1. The van der Waals surface area contributed by atoms with Crippen molar-refractivity contribution in [3.05, 3.63) is 45.7 Å². The monoisotopic (exact) mass is 314 g/mol. The number of H-pyrrole nitrogens is 1. The Morgan fingerprint density at radius 2 is 2.21 bits per heavy atom. The minimum atomic E-state index is -0.129. The lowest BCUT2D eigenvalue weighted by Crippen LogP contribution is -2.03. The lowest BCUT2D eigenvalue weighted by atomic mass is 10.1. The molecule has 2 aromatic rings. The van der Waals surface area contributed by atoms with Gasteiger partial charge in [-0.2, -0.15) is 0 Å². The third-order valence-corrected chi connectivity index (χ3v) is 3.71. The third-order valence-electron chi connectivity index (χ3n) is 2.27. The van der Waals surface area contributed by atoms with Crippen LogP contribution in [0.3, 0.4) is 0 Å². The Hall–Kier alpha value is -1.30. The highest BCUT2D eigenvalue weighted by atomic mass is 35.5. The van der Waals surface area contributed by atoms with Crippen molar-refractivity contribution >= 4 is 47.0 Å². The largest absolute Gasteiger partial charge is 0.331 e. The van der Waals surface area contributed by atoms with E-state index in [0.29, 0.717) is 32.7 Å². The van der Waals surface area contributed by atoms with Gasteiger partial charge in [-0.25, -0.2) is 4.98 Å². The summed E-state index contributed by atoms with van der Waals surface area (Å²) in [6, 6.07) is 4.73. The number of benzene rings is 1. The highest BCUT2D eigenvalue weighted by molar-refractivity contribution is 7.99.